The number of hydrogen-bond acceptors (Lipinski definition) is 4. The first kappa shape index (κ1) is 14.8. The predicted molar refractivity (Wildman–Crippen MR) is 75.6 cm³/mol. The van der Waals surface area contributed by atoms with E-state index in [1.807, 2.05) is 12.1 Å². The maximum absolute atomic E-state index is 10.9. The summed E-state index contributed by atoms with van der Waals surface area (Å²) >= 11 is 0. The number of aromatic nitrogens is 1. The molecule has 5 nitrogen and oxygen atoms in total. The molecule has 1 aromatic heterocycles. The van der Waals surface area contributed by atoms with Gasteiger partial charge in [-0.3, -0.25) is 4.79 Å². The molecule has 0 radical (unpaired) electrons. The van der Waals surface area contributed by atoms with Crippen molar-refractivity contribution in [2.75, 3.05) is 13.7 Å². The molecular weight excluding hydrogens is 256 g/mol. The highest BCUT2D eigenvalue weighted by atomic mass is 16.5. The molecule has 1 saturated carbocycles. The smallest absolute Gasteiger partial charge is 0.306 e. The standard InChI is InChI=1S/C15H22N2O3/c1-20-14-13(3-2-8-17-14)10-16-9-11-4-6-12(7-5-11)15(18)19/h2-3,8,11-12,16H,4-7,9-10H2,1H3,(H,18,19). The third-order valence-electron chi connectivity index (χ3n) is 3.99. The van der Waals surface area contributed by atoms with Crippen LogP contribution in [0.4, 0.5) is 0 Å². The molecule has 1 aliphatic rings. The lowest BCUT2D eigenvalue weighted by atomic mass is 9.82. The van der Waals surface area contributed by atoms with E-state index in [2.05, 4.69) is 10.3 Å². The summed E-state index contributed by atoms with van der Waals surface area (Å²) in [6.45, 7) is 1.65. The van der Waals surface area contributed by atoms with Gasteiger partial charge in [0, 0.05) is 18.3 Å². The van der Waals surface area contributed by atoms with E-state index in [0.29, 0.717) is 11.8 Å². The molecule has 2 rings (SSSR count). The Morgan fingerprint density at radius 3 is 2.85 bits per heavy atom. The lowest BCUT2D eigenvalue weighted by Gasteiger charge is -2.26. The van der Waals surface area contributed by atoms with E-state index in [4.69, 9.17) is 9.84 Å². The van der Waals surface area contributed by atoms with Gasteiger partial charge in [0.15, 0.2) is 0 Å². The van der Waals surface area contributed by atoms with E-state index >= 15 is 0 Å². The highest BCUT2D eigenvalue weighted by molar-refractivity contribution is 5.69. The summed E-state index contributed by atoms with van der Waals surface area (Å²) in [7, 11) is 1.62. The molecule has 1 aliphatic carbocycles. The third-order valence-corrected chi connectivity index (χ3v) is 3.99. The minimum atomic E-state index is -0.642. The Hall–Kier alpha value is -1.62. The van der Waals surface area contributed by atoms with Crippen molar-refractivity contribution >= 4 is 5.97 Å². The summed E-state index contributed by atoms with van der Waals surface area (Å²) in [5.41, 5.74) is 1.05. The number of hydrogen-bond donors (Lipinski definition) is 2. The largest absolute Gasteiger partial charge is 0.481 e. The normalized spacial score (nSPS) is 22.4. The maximum atomic E-state index is 10.9. The van der Waals surface area contributed by atoms with E-state index in [1.54, 1.807) is 13.3 Å². The molecule has 2 N–H and O–H groups in total. The van der Waals surface area contributed by atoms with Crippen LogP contribution in [0.3, 0.4) is 0 Å². The van der Waals surface area contributed by atoms with Crippen molar-refractivity contribution in [3.63, 3.8) is 0 Å². The van der Waals surface area contributed by atoms with Crippen LogP contribution < -0.4 is 10.1 Å². The van der Waals surface area contributed by atoms with Crippen LogP contribution in [0.15, 0.2) is 18.3 Å². The van der Waals surface area contributed by atoms with Crippen LogP contribution in [0, 0.1) is 11.8 Å². The molecule has 1 aromatic rings. The average molecular weight is 278 g/mol. The number of carboxylic acid groups (broad SMARTS) is 1. The van der Waals surface area contributed by atoms with Crippen molar-refractivity contribution in [3.8, 4) is 5.88 Å². The number of carbonyl (C=O) groups is 1. The Morgan fingerprint density at radius 2 is 2.20 bits per heavy atom. The summed E-state index contributed by atoms with van der Waals surface area (Å²) in [6.07, 6.45) is 5.31. The maximum Gasteiger partial charge on any atom is 0.306 e. The number of nitrogens with zero attached hydrogens (tertiary/aromatic N) is 1. The van der Waals surface area contributed by atoms with Crippen LogP contribution >= 0.6 is 0 Å². The summed E-state index contributed by atoms with van der Waals surface area (Å²) < 4.78 is 5.21. The molecule has 0 aromatic carbocycles. The second-order valence-electron chi connectivity index (χ2n) is 5.36. The average Bonchev–Trinajstić information content (AvgIpc) is 2.48. The highest BCUT2D eigenvalue weighted by Crippen LogP contribution is 2.28. The number of carboxylic acids is 1. The van der Waals surface area contributed by atoms with Crippen molar-refractivity contribution < 1.29 is 14.6 Å². The lowest BCUT2D eigenvalue weighted by Crippen LogP contribution is -2.28. The SMILES string of the molecule is COc1ncccc1CNCC1CCC(C(=O)O)CC1. The van der Waals surface area contributed by atoms with E-state index < -0.39 is 5.97 Å². The first-order valence-electron chi connectivity index (χ1n) is 7.12. The third kappa shape index (κ3) is 3.93. The van der Waals surface area contributed by atoms with Gasteiger partial charge in [-0.1, -0.05) is 6.07 Å². The van der Waals surface area contributed by atoms with Crippen LogP contribution in [0.2, 0.25) is 0 Å². The number of pyridine rings is 1. The number of ether oxygens (including phenoxy) is 1. The van der Waals surface area contributed by atoms with Gasteiger partial charge in [0.05, 0.1) is 13.0 Å². The van der Waals surface area contributed by atoms with Crippen LogP contribution in [-0.4, -0.2) is 29.7 Å². The van der Waals surface area contributed by atoms with Gasteiger partial charge in [0.2, 0.25) is 5.88 Å². The number of aliphatic carboxylic acids is 1. The van der Waals surface area contributed by atoms with Gasteiger partial charge in [-0.25, -0.2) is 4.98 Å². The van der Waals surface area contributed by atoms with Gasteiger partial charge < -0.3 is 15.2 Å². The molecule has 0 amide bonds. The molecule has 20 heavy (non-hydrogen) atoms. The van der Waals surface area contributed by atoms with Gasteiger partial charge in [-0.2, -0.15) is 0 Å². The minimum Gasteiger partial charge on any atom is -0.481 e. The van der Waals surface area contributed by atoms with Crippen LogP contribution in [-0.2, 0) is 11.3 Å². The van der Waals surface area contributed by atoms with Crippen molar-refractivity contribution in [3.05, 3.63) is 23.9 Å². The Labute approximate surface area is 119 Å². The molecule has 0 saturated heterocycles. The van der Waals surface area contributed by atoms with E-state index in [1.165, 1.54) is 0 Å². The molecular formula is C15H22N2O3. The molecule has 1 heterocycles. The molecule has 110 valence electrons. The Bertz CT molecular complexity index is 442. The summed E-state index contributed by atoms with van der Waals surface area (Å²) in [5, 5.41) is 12.4. The number of rotatable bonds is 6. The molecule has 0 bridgehead atoms. The zero-order valence-electron chi connectivity index (χ0n) is 11.8. The molecule has 0 unspecified atom stereocenters. The highest BCUT2D eigenvalue weighted by Gasteiger charge is 2.25. The van der Waals surface area contributed by atoms with Crippen molar-refractivity contribution in [1.29, 1.82) is 0 Å². The van der Waals surface area contributed by atoms with Gasteiger partial charge in [-0.05, 0) is 44.2 Å². The van der Waals surface area contributed by atoms with E-state index in [0.717, 1.165) is 44.3 Å². The summed E-state index contributed by atoms with van der Waals surface area (Å²) in [6, 6.07) is 3.90. The second kappa shape index (κ2) is 7.24. The fourth-order valence-electron chi connectivity index (χ4n) is 2.77. The first-order valence-corrected chi connectivity index (χ1v) is 7.12. The Kier molecular flexibility index (Phi) is 5.35. The van der Waals surface area contributed by atoms with Gasteiger partial charge in [0.25, 0.3) is 0 Å². The summed E-state index contributed by atoms with van der Waals surface area (Å²) in [4.78, 5) is 15.1. The number of nitrogens with one attached hydrogen (secondary N) is 1. The van der Waals surface area contributed by atoms with Crippen LogP contribution in [0.1, 0.15) is 31.2 Å². The van der Waals surface area contributed by atoms with Crippen molar-refractivity contribution in [2.45, 2.75) is 32.2 Å². The monoisotopic (exact) mass is 278 g/mol. The minimum absolute atomic E-state index is 0.135. The molecule has 0 atom stereocenters. The molecule has 0 aliphatic heterocycles. The van der Waals surface area contributed by atoms with Crippen molar-refractivity contribution in [1.82, 2.24) is 10.3 Å². The second-order valence-corrected chi connectivity index (χ2v) is 5.36. The zero-order valence-corrected chi connectivity index (χ0v) is 11.8. The first-order chi connectivity index (χ1) is 9.70. The van der Waals surface area contributed by atoms with Gasteiger partial charge >= 0.3 is 5.97 Å². The fourth-order valence-corrected chi connectivity index (χ4v) is 2.77. The fraction of sp³-hybridized carbons (Fsp3) is 0.600. The molecule has 0 spiro atoms. The summed E-state index contributed by atoms with van der Waals surface area (Å²) in [5.74, 6) is 0.462. The molecule has 1 fully saturated rings. The van der Waals surface area contributed by atoms with Crippen LogP contribution in [0.25, 0.3) is 0 Å². The molecule has 5 heteroatoms. The quantitative estimate of drug-likeness (QED) is 0.833. The van der Waals surface area contributed by atoms with Gasteiger partial charge in [0.1, 0.15) is 0 Å². The number of methoxy groups -OCH3 is 1. The zero-order chi connectivity index (χ0) is 14.4. The topological polar surface area (TPSA) is 71.5 Å². The van der Waals surface area contributed by atoms with Gasteiger partial charge in [-0.15, -0.1) is 0 Å². The Morgan fingerprint density at radius 1 is 1.45 bits per heavy atom. The van der Waals surface area contributed by atoms with Crippen LogP contribution in [0.5, 0.6) is 5.88 Å². The Balaban J connectivity index is 1.73. The van der Waals surface area contributed by atoms with E-state index in [9.17, 15) is 4.79 Å². The lowest BCUT2D eigenvalue weighted by molar-refractivity contribution is -0.143. The van der Waals surface area contributed by atoms with Crippen molar-refractivity contribution in [2.24, 2.45) is 11.8 Å². The predicted octanol–water partition coefficient (Wildman–Crippen LogP) is 2.07. The van der Waals surface area contributed by atoms with E-state index in [-0.39, 0.29) is 5.92 Å².